The van der Waals surface area contributed by atoms with Crippen LogP contribution in [0, 0.1) is 23.6 Å². The van der Waals surface area contributed by atoms with Crippen molar-refractivity contribution in [2.75, 3.05) is 19.7 Å². The first-order valence-corrected chi connectivity index (χ1v) is 17.6. The number of phenolic OH excluding ortho intramolecular Hbond substituents is 1. The van der Waals surface area contributed by atoms with E-state index in [9.17, 15) is 19.1 Å². The maximum absolute atomic E-state index is 14.2. The van der Waals surface area contributed by atoms with Gasteiger partial charge in [0, 0.05) is 31.6 Å². The number of phenols is 1. The van der Waals surface area contributed by atoms with Gasteiger partial charge >= 0.3 is 0 Å². The molecule has 7 heteroatoms. The van der Waals surface area contributed by atoms with Crippen LogP contribution in [0.1, 0.15) is 68.6 Å². The summed E-state index contributed by atoms with van der Waals surface area (Å²) in [6.07, 6.45) is 7.43. The van der Waals surface area contributed by atoms with Gasteiger partial charge in [0.2, 0.25) is 11.8 Å². The molecule has 0 unspecified atom stereocenters. The van der Waals surface area contributed by atoms with Crippen molar-refractivity contribution in [3.63, 3.8) is 0 Å². The summed E-state index contributed by atoms with van der Waals surface area (Å²) >= 11 is 0. The number of rotatable bonds is 10. The first-order chi connectivity index (χ1) is 23.4. The minimum Gasteiger partial charge on any atom is -0.505 e. The van der Waals surface area contributed by atoms with Crippen LogP contribution in [0.3, 0.4) is 0 Å². The molecular formula is C41H45FN2O4. The first kappa shape index (κ1) is 32.5. The third-order valence-electron chi connectivity index (χ3n) is 10.9. The van der Waals surface area contributed by atoms with Crippen LogP contribution in [0.2, 0.25) is 0 Å². The molecule has 0 saturated carbocycles. The average Bonchev–Trinajstić information content (AvgIpc) is 3.64. The molecule has 3 aromatic rings. The number of amides is 2. The van der Waals surface area contributed by atoms with Crippen LogP contribution in [0.15, 0.2) is 90.0 Å². The Bertz CT molecular complexity index is 1700. The third kappa shape index (κ3) is 6.50. The van der Waals surface area contributed by atoms with Crippen molar-refractivity contribution >= 4 is 23.5 Å². The van der Waals surface area contributed by atoms with Gasteiger partial charge in [0.1, 0.15) is 0 Å². The summed E-state index contributed by atoms with van der Waals surface area (Å²) in [5, 5.41) is 9.70. The van der Waals surface area contributed by atoms with Crippen LogP contribution in [0.4, 0.5) is 4.39 Å². The number of imide groups is 1. The zero-order valence-electron chi connectivity index (χ0n) is 27.7. The summed E-state index contributed by atoms with van der Waals surface area (Å²) in [5.74, 6) is -1.67. The van der Waals surface area contributed by atoms with Crippen LogP contribution >= 0.6 is 0 Å². The highest BCUT2D eigenvalue weighted by molar-refractivity contribution is 6.06. The number of benzene rings is 3. The van der Waals surface area contributed by atoms with E-state index in [1.807, 2.05) is 30.3 Å². The molecule has 2 amide bonds. The van der Waals surface area contributed by atoms with Gasteiger partial charge in [0.15, 0.2) is 11.6 Å². The van der Waals surface area contributed by atoms with Gasteiger partial charge in [-0.2, -0.15) is 0 Å². The number of fused-ring (bicyclic) bond motifs is 3. The summed E-state index contributed by atoms with van der Waals surface area (Å²) in [6, 6.07) is 24.9. The largest absolute Gasteiger partial charge is 0.505 e. The topological polar surface area (TPSA) is 70.1 Å². The van der Waals surface area contributed by atoms with Gasteiger partial charge in [0.25, 0.3) is 0 Å². The highest BCUT2D eigenvalue weighted by Gasteiger charge is 2.58. The van der Waals surface area contributed by atoms with Crippen molar-refractivity contribution in [2.45, 2.75) is 70.6 Å². The molecular weight excluding hydrogens is 603 g/mol. The Balaban J connectivity index is 1.07. The maximum atomic E-state index is 14.2. The van der Waals surface area contributed by atoms with Crippen LogP contribution in [0.25, 0.3) is 11.6 Å². The Labute approximate surface area is 282 Å². The zero-order chi connectivity index (χ0) is 33.2. The SMILES string of the molecule is CCCC1=C2[C@@H](CC/C(=C/c3ccc(O)c(F)c3)c3ccccc3)OC[C@@H]2[C@@H]2C(=O)N(C3CCN(Cc4ccccc4)CC3)C(=O)[C@@H]2C1. The molecule has 1 N–H and O–H groups in total. The lowest BCUT2D eigenvalue weighted by Crippen LogP contribution is -2.47. The van der Waals surface area contributed by atoms with E-state index in [1.165, 1.54) is 28.8 Å². The summed E-state index contributed by atoms with van der Waals surface area (Å²) in [7, 11) is 0. The van der Waals surface area contributed by atoms with Crippen LogP contribution in [-0.2, 0) is 20.9 Å². The Morgan fingerprint density at radius 1 is 0.958 bits per heavy atom. The second kappa shape index (κ2) is 14.2. The van der Waals surface area contributed by atoms with Crippen molar-refractivity contribution in [1.29, 1.82) is 0 Å². The summed E-state index contributed by atoms with van der Waals surface area (Å²) < 4.78 is 20.7. The number of likely N-dealkylation sites (tertiary alicyclic amines) is 2. The number of hydrogen-bond donors (Lipinski definition) is 1. The fourth-order valence-electron chi connectivity index (χ4n) is 8.63. The Hall–Kier alpha value is -4.07. The Morgan fingerprint density at radius 2 is 1.69 bits per heavy atom. The van der Waals surface area contributed by atoms with Crippen LogP contribution < -0.4 is 0 Å². The summed E-state index contributed by atoms with van der Waals surface area (Å²) in [6.45, 7) is 5.27. The number of carbonyl (C=O) groups is 2. The highest BCUT2D eigenvalue weighted by atomic mass is 19.1. The normalized spacial score (nSPS) is 25.1. The molecule has 250 valence electrons. The van der Waals surface area contributed by atoms with E-state index in [0.717, 1.165) is 62.9 Å². The molecule has 0 radical (unpaired) electrons. The quantitative estimate of drug-likeness (QED) is 0.139. The number of carbonyl (C=O) groups excluding carboxylic acids is 2. The molecule has 4 atom stereocenters. The lowest BCUT2D eigenvalue weighted by atomic mass is 9.68. The van der Waals surface area contributed by atoms with Crippen molar-refractivity contribution in [1.82, 2.24) is 9.80 Å². The van der Waals surface area contributed by atoms with Gasteiger partial charge in [-0.3, -0.25) is 19.4 Å². The zero-order valence-corrected chi connectivity index (χ0v) is 27.7. The molecule has 1 aliphatic carbocycles. The van der Waals surface area contributed by atoms with E-state index in [0.29, 0.717) is 25.0 Å². The molecule has 48 heavy (non-hydrogen) atoms. The van der Waals surface area contributed by atoms with Gasteiger partial charge in [-0.25, -0.2) is 4.39 Å². The molecule has 3 heterocycles. The number of aromatic hydroxyl groups is 1. The minimum absolute atomic E-state index is 0.00744. The number of nitrogens with zero attached hydrogens (tertiary/aromatic N) is 2. The summed E-state index contributed by atoms with van der Waals surface area (Å²) in [5.41, 5.74) is 6.63. The highest BCUT2D eigenvalue weighted by Crippen LogP contribution is 2.51. The van der Waals surface area contributed by atoms with E-state index in [1.54, 1.807) is 11.0 Å². The molecule has 6 nitrogen and oxygen atoms in total. The van der Waals surface area contributed by atoms with E-state index >= 15 is 0 Å². The molecule has 0 aromatic heterocycles. The number of halogens is 1. The fraction of sp³-hybridized carbons (Fsp3) is 0.415. The number of piperidine rings is 1. The molecule has 3 aliphatic heterocycles. The molecule has 0 bridgehead atoms. The Morgan fingerprint density at radius 3 is 2.40 bits per heavy atom. The monoisotopic (exact) mass is 648 g/mol. The number of ether oxygens (including phenoxy) is 1. The van der Waals surface area contributed by atoms with Crippen molar-refractivity contribution in [2.24, 2.45) is 17.8 Å². The standard InChI is InChI=1S/C41H45FN2O4/c1-2-9-31-24-33-39(41(47)44(40(33)46)32-18-20-43(21-19-32)25-27-10-5-3-6-11-27)34-26-48-37(38(31)34)17-15-30(29-12-7-4-8-13-29)22-28-14-16-36(45)35(42)23-28/h3-8,10-14,16,22-23,32-34,37,39,45H,2,9,15,17-21,24-26H2,1H3/b30-22-/t33-,34+,37-,39-/m1/s1. The third-order valence-corrected chi connectivity index (χ3v) is 10.9. The summed E-state index contributed by atoms with van der Waals surface area (Å²) in [4.78, 5) is 32.3. The van der Waals surface area contributed by atoms with Gasteiger partial charge < -0.3 is 9.84 Å². The van der Waals surface area contributed by atoms with Gasteiger partial charge in [-0.15, -0.1) is 0 Å². The first-order valence-electron chi connectivity index (χ1n) is 17.6. The number of hydrogen-bond acceptors (Lipinski definition) is 5. The van der Waals surface area contributed by atoms with Crippen molar-refractivity contribution in [3.05, 3.63) is 113 Å². The van der Waals surface area contributed by atoms with Crippen LogP contribution in [0.5, 0.6) is 5.75 Å². The molecule has 0 spiro atoms. The lowest BCUT2D eigenvalue weighted by molar-refractivity contribution is -0.144. The second-order valence-corrected chi connectivity index (χ2v) is 13.9. The van der Waals surface area contributed by atoms with E-state index in [4.69, 9.17) is 4.74 Å². The van der Waals surface area contributed by atoms with Gasteiger partial charge in [-0.05, 0) is 78.5 Å². The second-order valence-electron chi connectivity index (χ2n) is 13.9. The van der Waals surface area contributed by atoms with Gasteiger partial charge in [-0.1, -0.05) is 91.7 Å². The smallest absolute Gasteiger partial charge is 0.234 e. The van der Waals surface area contributed by atoms with Crippen LogP contribution in [-0.4, -0.2) is 58.6 Å². The molecule has 3 fully saturated rings. The maximum Gasteiger partial charge on any atom is 0.234 e. The Kier molecular flexibility index (Phi) is 9.60. The van der Waals surface area contributed by atoms with Crippen molar-refractivity contribution < 1.29 is 23.8 Å². The molecule has 4 aliphatic rings. The molecule has 7 rings (SSSR count). The average molecular weight is 649 g/mol. The number of allylic oxidation sites excluding steroid dienone is 2. The van der Waals surface area contributed by atoms with E-state index in [2.05, 4.69) is 48.2 Å². The minimum atomic E-state index is -0.646. The molecule has 3 aromatic carbocycles. The fourth-order valence-corrected chi connectivity index (χ4v) is 8.63. The van der Waals surface area contributed by atoms with Crippen molar-refractivity contribution in [3.8, 4) is 5.75 Å². The molecule has 3 saturated heterocycles. The lowest BCUT2D eigenvalue weighted by Gasteiger charge is -2.36. The van der Waals surface area contributed by atoms with Gasteiger partial charge in [0.05, 0.1) is 24.5 Å². The predicted molar refractivity (Wildman–Crippen MR) is 185 cm³/mol. The van der Waals surface area contributed by atoms with E-state index in [-0.39, 0.29) is 47.5 Å². The predicted octanol–water partition coefficient (Wildman–Crippen LogP) is 7.63. The van der Waals surface area contributed by atoms with E-state index < -0.39 is 5.82 Å².